The van der Waals surface area contributed by atoms with Gasteiger partial charge in [0.05, 0.1) is 0 Å². The van der Waals surface area contributed by atoms with Crippen molar-refractivity contribution < 1.29 is 9.59 Å². The van der Waals surface area contributed by atoms with Crippen LogP contribution in [0.1, 0.15) is 48.5 Å². The van der Waals surface area contributed by atoms with Gasteiger partial charge in [-0.15, -0.1) is 0 Å². The lowest BCUT2D eigenvalue weighted by Gasteiger charge is -2.35. The fraction of sp³-hybridized carbons (Fsp3) is 0.417. The van der Waals surface area contributed by atoms with Crippen molar-refractivity contribution in [2.75, 3.05) is 13.1 Å². The van der Waals surface area contributed by atoms with Crippen LogP contribution in [0.4, 0.5) is 0 Å². The van der Waals surface area contributed by atoms with Gasteiger partial charge in [0.25, 0.3) is 5.91 Å². The standard InChI is InChI=1S/C24H29N3O2/c1-17(28)26-16-18-2-4-19(5-3-18)20-6-8-21(9-7-20)24(29)27(22-10-11-22)23-12-14-25-15-13-23/h2-9,22-23,25H,10-16H2,1H3,(H,26,28). The van der Waals surface area contributed by atoms with Gasteiger partial charge in [-0.25, -0.2) is 0 Å². The van der Waals surface area contributed by atoms with Gasteiger partial charge in [-0.2, -0.15) is 0 Å². The zero-order chi connectivity index (χ0) is 20.2. The van der Waals surface area contributed by atoms with Gasteiger partial charge >= 0.3 is 0 Å². The van der Waals surface area contributed by atoms with Crippen molar-refractivity contribution in [2.24, 2.45) is 0 Å². The second-order valence-electron chi connectivity index (χ2n) is 8.11. The molecule has 1 heterocycles. The Morgan fingerprint density at radius 3 is 2.00 bits per heavy atom. The van der Waals surface area contributed by atoms with Crippen LogP contribution in [0.2, 0.25) is 0 Å². The van der Waals surface area contributed by atoms with E-state index in [1.807, 2.05) is 36.4 Å². The first-order valence-electron chi connectivity index (χ1n) is 10.6. The summed E-state index contributed by atoms with van der Waals surface area (Å²) in [6, 6.07) is 16.9. The van der Waals surface area contributed by atoms with Crippen molar-refractivity contribution in [3.8, 4) is 11.1 Å². The molecule has 5 nitrogen and oxygen atoms in total. The molecule has 2 aliphatic rings. The van der Waals surface area contributed by atoms with E-state index in [1.54, 1.807) is 0 Å². The van der Waals surface area contributed by atoms with Crippen LogP contribution >= 0.6 is 0 Å². The van der Waals surface area contributed by atoms with Crippen molar-refractivity contribution in [2.45, 2.75) is 51.2 Å². The number of nitrogens with one attached hydrogen (secondary N) is 2. The molecular weight excluding hydrogens is 362 g/mol. The molecule has 0 bridgehead atoms. The van der Waals surface area contributed by atoms with Crippen molar-refractivity contribution in [1.29, 1.82) is 0 Å². The van der Waals surface area contributed by atoms with Crippen LogP contribution in [0, 0.1) is 0 Å². The van der Waals surface area contributed by atoms with Crippen LogP contribution in [0.15, 0.2) is 48.5 Å². The molecule has 2 fully saturated rings. The molecule has 0 unspecified atom stereocenters. The highest BCUT2D eigenvalue weighted by molar-refractivity contribution is 5.95. The molecule has 2 amide bonds. The maximum absolute atomic E-state index is 13.2. The van der Waals surface area contributed by atoms with Crippen LogP contribution in [0.3, 0.4) is 0 Å². The second-order valence-corrected chi connectivity index (χ2v) is 8.11. The Hall–Kier alpha value is -2.66. The summed E-state index contributed by atoms with van der Waals surface area (Å²) < 4.78 is 0. The van der Waals surface area contributed by atoms with E-state index in [0.29, 0.717) is 18.6 Å². The van der Waals surface area contributed by atoms with Crippen molar-refractivity contribution in [3.63, 3.8) is 0 Å². The van der Waals surface area contributed by atoms with Crippen molar-refractivity contribution >= 4 is 11.8 Å². The molecule has 2 aromatic carbocycles. The first-order chi connectivity index (χ1) is 14.1. The van der Waals surface area contributed by atoms with Crippen molar-refractivity contribution in [3.05, 3.63) is 59.7 Å². The van der Waals surface area contributed by atoms with Crippen LogP contribution in [-0.2, 0) is 11.3 Å². The number of rotatable bonds is 6. The summed E-state index contributed by atoms with van der Waals surface area (Å²) in [5, 5.41) is 6.20. The van der Waals surface area contributed by atoms with E-state index in [9.17, 15) is 9.59 Å². The molecule has 0 aromatic heterocycles. The SMILES string of the molecule is CC(=O)NCc1ccc(-c2ccc(C(=O)N(C3CCNCC3)C3CC3)cc2)cc1. The number of carbonyl (C=O) groups is 2. The Morgan fingerprint density at radius 1 is 0.897 bits per heavy atom. The summed E-state index contributed by atoms with van der Waals surface area (Å²) in [5.41, 5.74) is 4.04. The van der Waals surface area contributed by atoms with E-state index >= 15 is 0 Å². The topological polar surface area (TPSA) is 61.4 Å². The number of carbonyl (C=O) groups excluding carboxylic acids is 2. The molecule has 1 saturated carbocycles. The molecule has 152 valence electrons. The lowest BCUT2D eigenvalue weighted by atomic mass is 10.0. The molecule has 2 aromatic rings. The number of nitrogens with zero attached hydrogens (tertiary/aromatic N) is 1. The third-order valence-electron chi connectivity index (χ3n) is 5.84. The van der Waals surface area contributed by atoms with Gasteiger partial charge in [0.2, 0.25) is 5.91 Å². The highest BCUT2D eigenvalue weighted by Gasteiger charge is 2.38. The van der Waals surface area contributed by atoms with E-state index in [2.05, 4.69) is 27.7 Å². The predicted molar refractivity (Wildman–Crippen MR) is 114 cm³/mol. The zero-order valence-corrected chi connectivity index (χ0v) is 17.0. The third kappa shape index (κ3) is 4.85. The quantitative estimate of drug-likeness (QED) is 0.794. The van der Waals surface area contributed by atoms with Gasteiger partial charge in [-0.1, -0.05) is 36.4 Å². The van der Waals surface area contributed by atoms with Crippen LogP contribution in [0.25, 0.3) is 11.1 Å². The summed E-state index contributed by atoms with van der Waals surface area (Å²) in [7, 11) is 0. The molecular formula is C24H29N3O2. The van der Waals surface area contributed by atoms with Gasteiger partial charge in [0.1, 0.15) is 0 Å². The van der Waals surface area contributed by atoms with E-state index in [1.165, 1.54) is 6.92 Å². The zero-order valence-electron chi connectivity index (χ0n) is 17.0. The summed E-state index contributed by atoms with van der Waals surface area (Å²) in [5.74, 6) is 0.149. The lowest BCUT2D eigenvalue weighted by molar-refractivity contribution is -0.119. The number of hydrogen-bond donors (Lipinski definition) is 2. The number of hydrogen-bond acceptors (Lipinski definition) is 3. The largest absolute Gasteiger partial charge is 0.352 e. The Bertz CT molecular complexity index is 851. The van der Waals surface area contributed by atoms with Crippen LogP contribution in [0.5, 0.6) is 0 Å². The molecule has 0 spiro atoms. The van der Waals surface area contributed by atoms with Gasteiger partial charge in [-0.05, 0) is 67.6 Å². The van der Waals surface area contributed by atoms with E-state index in [4.69, 9.17) is 0 Å². The second kappa shape index (κ2) is 8.78. The third-order valence-corrected chi connectivity index (χ3v) is 5.84. The molecule has 0 atom stereocenters. The van der Waals surface area contributed by atoms with Crippen LogP contribution in [-0.4, -0.2) is 41.9 Å². The Labute approximate surface area is 172 Å². The van der Waals surface area contributed by atoms with Gasteiger partial charge in [0.15, 0.2) is 0 Å². The molecule has 29 heavy (non-hydrogen) atoms. The van der Waals surface area contributed by atoms with E-state index in [-0.39, 0.29) is 11.8 Å². The highest BCUT2D eigenvalue weighted by Crippen LogP contribution is 2.33. The van der Waals surface area contributed by atoms with E-state index < -0.39 is 0 Å². The fourth-order valence-corrected chi connectivity index (χ4v) is 4.06. The van der Waals surface area contributed by atoms with Gasteiger partial charge in [-0.3, -0.25) is 9.59 Å². The van der Waals surface area contributed by atoms with E-state index in [0.717, 1.165) is 61.0 Å². The Morgan fingerprint density at radius 2 is 1.45 bits per heavy atom. The maximum Gasteiger partial charge on any atom is 0.254 e. The average Bonchev–Trinajstić information content (AvgIpc) is 3.59. The van der Waals surface area contributed by atoms with Crippen LogP contribution < -0.4 is 10.6 Å². The smallest absolute Gasteiger partial charge is 0.254 e. The first-order valence-corrected chi connectivity index (χ1v) is 10.6. The molecule has 1 aliphatic carbocycles. The minimum atomic E-state index is -0.0286. The minimum absolute atomic E-state index is 0.0286. The molecule has 1 aliphatic heterocycles. The molecule has 1 saturated heterocycles. The normalized spacial score (nSPS) is 17.0. The van der Waals surface area contributed by atoms with Crippen molar-refractivity contribution in [1.82, 2.24) is 15.5 Å². The fourth-order valence-electron chi connectivity index (χ4n) is 4.06. The summed E-state index contributed by atoms with van der Waals surface area (Å²) >= 11 is 0. The maximum atomic E-state index is 13.2. The minimum Gasteiger partial charge on any atom is -0.352 e. The molecule has 2 N–H and O–H groups in total. The first kappa shape index (κ1) is 19.6. The molecule has 5 heteroatoms. The van der Waals surface area contributed by atoms with Gasteiger partial charge in [0, 0.05) is 31.1 Å². The monoisotopic (exact) mass is 391 g/mol. The summed E-state index contributed by atoms with van der Waals surface area (Å²) in [6.07, 6.45) is 4.37. The number of benzene rings is 2. The summed E-state index contributed by atoms with van der Waals surface area (Å²) in [4.78, 5) is 26.4. The molecule has 4 rings (SSSR count). The molecule has 0 radical (unpaired) electrons. The predicted octanol–water partition coefficient (Wildman–Crippen LogP) is 3.35. The number of piperidine rings is 1. The summed E-state index contributed by atoms with van der Waals surface area (Å²) in [6.45, 7) is 4.06. The Kier molecular flexibility index (Phi) is 5.95. The van der Waals surface area contributed by atoms with Gasteiger partial charge < -0.3 is 15.5 Å². The Balaban J connectivity index is 1.45. The highest BCUT2D eigenvalue weighted by atomic mass is 16.2. The number of amides is 2. The lowest BCUT2D eigenvalue weighted by Crippen LogP contribution is -2.47. The average molecular weight is 392 g/mol.